The Balaban J connectivity index is 1.25. The van der Waals surface area contributed by atoms with Crippen molar-refractivity contribution in [3.8, 4) is 0 Å². The lowest BCUT2D eigenvalue weighted by molar-refractivity contribution is -0.126. The zero-order valence-electron chi connectivity index (χ0n) is 30.5. The number of methoxy groups -OCH3 is 1. The fourth-order valence-corrected chi connectivity index (χ4v) is 11.1. The highest BCUT2D eigenvalue weighted by molar-refractivity contribution is 7.92. The van der Waals surface area contributed by atoms with Gasteiger partial charge in [0.15, 0.2) is 9.84 Å². The quantitative estimate of drug-likeness (QED) is 0.285. The number of nitrogens with one attached hydrogen (secondary N) is 1. The third kappa shape index (κ3) is 6.96. The van der Waals surface area contributed by atoms with Crippen LogP contribution in [0.5, 0.6) is 0 Å². The molecule has 0 bridgehead atoms. The van der Waals surface area contributed by atoms with Gasteiger partial charge in [0.1, 0.15) is 17.8 Å². The summed E-state index contributed by atoms with van der Waals surface area (Å²) in [4.78, 5) is 32.9. The topological polar surface area (TPSA) is 141 Å². The lowest BCUT2D eigenvalue weighted by Crippen LogP contribution is -2.57. The number of anilines is 4. The summed E-state index contributed by atoms with van der Waals surface area (Å²) >= 11 is 0. The first kappa shape index (κ1) is 36.5. The van der Waals surface area contributed by atoms with Crippen LogP contribution in [0.3, 0.4) is 0 Å². The van der Waals surface area contributed by atoms with Crippen molar-refractivity contribution in [3.05, 3.63) is 54.4 Å². The standard InChI is InChI=1S/C38H50FN7O5S/c1-6-35(47)46-13-7-8-29(46)26-16-30(45-20-24(21-45)32-18-38(4,48)11-15-52(32,49)50)27-19-41-34(17-25(27)36(26)23(2)3)42-33-9-12-40-37(43-33)44-14-10-31(51-5)28(39)22-44/h6,9,12,16-17,19,23-24,28-29,31-32,48H,1,7-8,10-11,13-15,18,20-22H2,2-5H3,(H,40,41,42,43)/t28-,29+,31+,32-,38-/m0/s1. The summed E-state index contributed by atoms with van der Waals surface area (Å²) in [5.41, 5.74) is 2.16. The summed E-state index contributed by atoms with van der Waals surface area (Å²) in [7, 11) is -1.78. The smallest absolute Gasteiger partial charge is 0.246 e. The summed E-state index contributed by atoms with van der Waals surface area (Å²) in [6, 6.07) is 5.83. The molecular formula is C38H50FN7O5S. The summed E-state index contributed by atoms with van der Waals surface area (Å²) in [6.45, 7) is 12.3. The molecule has 0 unspecified atom stereocenters. The maximum atomic E-state index is 14.7. The van der Waals surface area contributed by atoms with Gasteiger partial charge in [-0.15, -0.1) is 0 Å². The molecule has 12 nitrogen and oxygen atoms in total. The van der Waals surface area contributed by atoms with Crippen LogP contribution in [0.2, 0.25) is 0 Å². The number of hydrogen-bond acceptors (Lipinski definition) is 11. The molecule has 280 valence electrons. The van der Waals surface area contributed by atoms with E-state index in [0.29, 0.717) is 50.2 Å². The van der Waals surface area contributed by atoms with Gasteiger partial charge in [0.05, 0.1) is 35.3 Å². The number of benzene rings is 1. The maximum absolute atomic E-state index is 14.7. The van der Waals surface area contributed by atoms with Gasteiger partial charge in [-0.05, 0) is 85.7 Å². The van der Waals surface area contributed by atoms with E-state index in [1.807, 2.05) is 22.1 Å². The predicted octanol–water partition coefficient (Wildman–Crippen LogP) is 5.07. The average Bonchev–Trinajstić information content (AvgIpc) is 3.58. The molecule has 0 radical (unpaired) electrons. The molecule has 5 atom stereocenters. The third-order valence-electron chi connectivity index (χ3n) is 11.5. The van der Waals surface area contributed by atoms with Crippen LogP contribution in [0.15, 0.2) is 43.2 Å². The Morgan fingerprint density at radius 2 is 1.92 bits per heavy atom. The fraction of sp³-hybridized carbons (Fsp3) is 0.579. The van der Waals surface area contributed by atoms with Crippen molar-refractivity contribution in [1.82, 2.24) is 19.9 Å². The van der Waals surface area contributed by atoms with Crippen molar-refractivity contribution in [3.63, 3.8) is 0 Å². The number of rotatable bonds is 9. The van der Waals surface area contributed by atoms with E-state index >= 15 is 0 Å². The molecule has 1 aromatic carbocycles. The molecule has 0 saturated carbocycles. The Labute approximate surface area is 305 Å². The number of likely N-dealkylation sites (tertiary alicyclic amines) is 1. The number of carbonyl (C=O) groups is 1. The van der Waals surface area contributed by atoms with E-state index in [4.69, 9.17) is 14.7 Å². The molecule has 52 heavy (non-hydrogen) atoms. The van der Waals surface area contributed by atoms with Gasteiger partial charge in [-0.2, -0.15) is 4.98 Å². The Morgan fingerprint density at radius 3 is 2.63 bits per heavy atom. The zero-order valence-corrected chi connectivity index (χ0v) is 31.3. The minimum atomic E-state index is -3.31. The van der Waals surface area contributed by atoms with Gasteiger partial charge in [0.2, 0.25) is 11.9 Å². The summed E-state index contributed by atoms with van der Waals surface area (Å²) in [5.74, 6) is 1.44. The molecule has 4 saturated heterocycles. The third-order valence-corrected chi connectivity index (χ3v) is 13.7. The molecular weight excluding hydrogens is 686 g/mol. The highest BCUT2D eigenvalue weighted by Crippen LogP contribution is 2.46. The maximum Gasteiger partial charge on any atom is 0.246 e. The minimum absolute atomic E-state index is 0.00237. The second-order valence-electron chi connectivity index (χ2n) is 15.5. The Hall–Kier alpha value is -3.88. The van der Waals surface area contributed by atoms with Crippen LogP contribution in [-0.2, 0) is 19.4 Å². The van der Waals surface area contributed by atoms with E-state index in [1.54, 1.807) is 19.2 Å². The number of nitrogens with zero attached hydrogens (tertiary/aromatic N) is 6. The molecule has 14 heteroatoms. The molecule has 2 N–H and O–H groups in total. The largest absolute Gasteiger partial charge is 0.390 e. The molecule has 4 aliphatic rings. The van der Waals surface area contributed by atoms with Crippen molar-refractivity contribution >= 4 is 49.8 Å². The van der Waals surface area contributed by atoms with Crippen molar-refractivity contribution < 1.29 is 27.4 Å². The minimum Gasteiger partial charge on any atom is -0.390 e. The van der Waals surface area contributed by atoms with Gasteiger partial charge < -0.3 is 29.9 Å². The molecule has 2 aromatic heterocycles. The van der Waals surface area contributed by atoms with E-state index in [-0.39, 0.29) is 48.9 Å². The van der Waals surface area contributed by atoms with Crippen molar-refractivity contribution in [1.29, 1.82) is 0 Å². The van der Waals surface area contributed by atoms with Crippen LogP contribution in [0.25, 0.3) is 10.8 Å². The first-order valence-corrected chi connectivity index (χ1v) is 20.1. The number of sulfone groups is 1. The van der Waals surface area contributed by atoms with E-state index in [0.717, 1.165) is 40.4 Å². The second-order valence-corrected chi connectivity index (χ2v) is 17.8. The average molecular weight is 736 g/mol. The van der Waals surface area contributed by atoms with E-state index in [1.165, 1.54) is 13.2 Å². The van der Waals surface area contributed by atoms with Crippen molar-refractivity contribution in [2.45, 2.75) is 88.0 Å². The SMILES string of the molecule is C=CC(=O)N1CCC[C@@H]1c1cc(N2CC([C@@H]3C[C@@](C)(O)CCS3(=O)=O)C2)c2cnc(Nc3ccnc(N4CC[C@@H](OC)[C@@H](F)C4)n3)cc2c1C(C)C. The summed E-state index contributed by atoms with van der Waals surface area (Å²) in [6.07, 6.45) is 6.05. The Bertz CT molecular complexity index is 1950. The lowest BCUT2D eigenvalue weighted by Gasteiger charge is -2.48. The molecule has 1 amide bonds. The molecule has 0 spiro atoms. The number of aliphatic hydroxyl groups is 1. The van der Waals surface area contributed by atoms with Crippen LogP contribution in [0, 0.1) is 5.92 Å². The number of piperidine rings is 1. The second kappa shape index (κ2) is 14.2. The van der Waals surface area contributed by atoms with Gasteiger partial charge in [0, 0.05) is 62.7 Å². The van der Waals surface area contributed by atoms with Gasteiger partial charge in [-0.25, -0.2) is 22.8 Å². The predicted molar refractivity (Wildman–Crippen MR) is 201 cm³/mol. The van der Waals surface area contributed by atoms with Crippen LogP contribution in [0.1, 0.15) is 76.0 Å². The summed E-state index contributed by atoms with van der Waals surface area (Å²) < 4.78 is 46.3. The van der Waals surface area contributed by atoms with Crippen LogP contribution < -0.4 is 15.1 Å². The van der Waals surface area contributed by atoms with Crippen molar-refractivity contribution in [2.75, 3.05) is 60.7 Å². The number of hydrogen-bond donors (Lipinski definition) is 2. The van der Waals surface area contributed by atoms with Gasteiger partial charge in [0.25, 0.3) is 0 Å². The Kier molecular flexibility index (Phi) is 9.94. The van der Waals surface area contributed by atoms with Crippen LogP contribution in [0.4, 0.5) is 27.7 Å². The van der Waals surface area contributed by atoms with E-state index in [9.17, 15) is 22.7 Å². The number of fused-ring (bicyclic) bond motifs is 1. The van der Waals surface area contributed by atoms with Gasteiger partial charge in [-0.3, -0.25) is 4.79 Å². The molecule has 4 fully saturated rings. The molecule has 3 aromatic rings. The lowest BCUT2D eigenvalue weighted by atomic mass is 9.84. The van der Waals surface area contributed by atoms with Crippen LogP contribution >= 0.6 is 0 Å². The van der Waals surface area contributed by atoms with Gasteiger partial charge >= 0.3 is 0 Å². The number of aromatic nitrogens is 3. The van der Waals surface area contributed by atoms with Gasteiger partial charge in [-0.1, -0.05) is 20.4 Å². The summed E-state index contributed by atoms with van der Waals surface area (Å²) in [5, 5.41) is 15.5. The number of pyridine rings is 1. The first-order chi connectivity index (χ1) is 24.8. The molecule has 6 heterocycles. The number of amides is 1. The van der Waals surface area contributed by atoms with E-state index in [2.05, 4.69) is 41.7 Å². The molecule has 0 aliphatic carbocycles. The molecule has 4 aliphatic heterocycles. The normalized spacial score (nSPS) is 27.9. The zero-order chi connectivity index (χ0) is 36.9. The first-order valence-electron chi connectivity index (χ1n) is 18.4. The van der Waals surface area contributed by atoms with Crippen LogP contribution in [-0.4, -0.2) is 108 Å². The number of ether oxygens (including phenoxy) is 1. The highest BCUT2D eigenvalue weighted by atomic mass is 32.2. The van der Waals surface area contributed by atoms with Crippen molar-refractivity contribution in [2.24, 2.45) is 5.92 Å². The highest BCUT2D eigenvalue weighted by Gasteiger charge is 2.48. The molecule has 7 rings (SSSR count). The Morgan fingerprint density at radius 1 is 1.13 bits per heavy atom. The number of alkyl halides is 1. The fourth-order valence-electron chi connectivity index (χ4n) is 8.67. The number of halogens is 1. The number of carbonyl (C=O) groups excluding carboxylic acids is 1. The monoisotopic (exact) mass is 735 g/mol. The van der Waals surface area contributed by atoms with E-state index < -0.39 is 33.0 Å².